The minimum Gasteiger partial charge on any atom is -0.505 e. The van der Waals surface area contributed by atoms with E-state index in [0.29, 0.717) is 0 Å². The zero-order valence-corrected chi connectivity index (χ0v) is 8.99. The third-order valence-corrected chi connectivity index (χ3v) is 3.09. The molecule has 1 aliphatic rings. The van der Waals surface area contributed by atoms with Gasteiger partial charge in [-0.15, -0.1) is 0 Å². The van der Waals surface area contributed by atoms with Crippen molar-refractivity contribution in [3.05, 3.63) is 29.3 Å². The number of aliphatic carboxylic acids is 1. The molecule has 1 saturated carbocycles. The number of halogens is 2. The molecule has 5 heteroatoms. The van der Waals surface area contributed by atoms with Crippen molar-refractivity contribution < 1.29 is 23.8 Å². The fraction of sp³-hybridized carbons (Fsp3) is 0.417. The summed E-state index contributed by atoms with van der Waals surface area (Å²) in [7, 11) is 0. The molecule has 0 bridgehead atoms. The fourth-order valence-corrected chi connectivity index (χ4v) is 2.07. The molecular weight excluding hydrogens is 230 g/mol. The zero-order valence-electron chi connectivity index (χ0n) is 8.99. The third-order valence-electron chi connectivity index (χ3n) is 3.09. The molecule has 1 fully saturated rings. The molecule has 1 atom stereocenters. The van der Waals surface area contributed by atoms with Crippen molar-refractivity contribution in [3.63, 3.8) is 0 Å². The summed E-state index contributed by atoms with van der Waals surface area (Å²) in [6, 6.07) is 2.18. The van der Waals surface area contributed by atoms with Gasteiger partial charge in [0.15, 0.2) is 11.6 Å². The van der Waals surface area contributed by atoms with E-state index in [2.05, 4.69) is 0 Å². The summed E-state index contributed by atoms with van der Waals surface area (Å²) in [6.45, 7) is 0. The van der Waals surface area contributed by atoms with E-state index in [1.54, 1.807) is 0 Å². The van der Waals surface area contributed by atoms with Gasteiger partial charge in [0, 0.05) is 11.5 Å². The minimum atomic E-state index is -1.31. The Balaban J connectivity index is 2.35. The molecule has 0 spiro atoms. The molecule has 2 N–H and O–H groups in total. The van der Waals surface area contributed by atoms with Crippen LogP contribution in [0.25, 0.3) is 0 Å². The van der Waals surface area contributed by atoms with E-state index in [4.69, 9.17) is 5.11 Å². The second kappa shape index (κ2) is 4.31. The first-order chi connectivity index (χ1) is 8.00. The van der Waals surface area contributed by atoms with E-state index in [1.807, 2.05) is 0 Å². The second-order valence-electron chi connectivity index (χ2n) is 4.34. The van der Waals surface area contributed by atoms with Gasteiger partial charge in [0.1, 0.15) is 0 Å². The van der Waals surface area contributed by atoms with Gasteiger partial charge in [-0.25, -0.2) is 4.39 Å². The summed E-state index contributed by atoms with van der Waals surface area (Å²) in [5.74, 6) is -4.51. The summed E-state index contributed by atoms with van der Waals surface area (Å²) in [5, 5.41) is 18.3. The van der Waals surface area contributed by atoms with Gasteiger partial charge in [0.25, 0.3) is 0 Å². The molecule has 0 amide bonds. The normalized spacial score (nSPS) is 16.8. The van der Waals surface area contributed by atoms with Crippen molar-refractivity contribution in [1.29, 1.82) is 0 Å². The summed E-state index contributed by atoms with van der Waals surface area (Å²) < 4.78 is 26.1. The van der Waals surface area contributed by atoms with Crippen LogP contribution in [-0.2, 0) is 4.79 Å². The number of rotatable bonds is 4. The van der Waals surface area contributed by atoms with Gasteiger partial charge in [0.05, 0.1) is 6.42 Å². The zero-order chi connectivity index (χ0) is 12.6. The fourth-order valence-electron chi connectivity index (χ4n) is 2.07. The van der Waals surface area contributed by atoms with Gasteiger partial charge in [-0.2, -0.15) is 4.39 Å². The Bertz CT molecular complexity index is 455. The van der Waals surface area contributed by atoms with Crippen LogP contribution in [0.3, 0.4) is 0 Å². The Morgan fingerprint density at radius 1 is 1.41 bits per heavy atom. The lowest BCUT2D eigenvalue weighted by Crippen LogP contribution is -2.09. The molecule has 0 aromatic heterocycles. The lowest BCUT2D eigenvalue weighted by Gasteiger charge is -2.16. The molecule has 2 rings (SSSR count). The van der Waals surface area contributed by atoms with Crippen molar-refractivity contribution in [3.8, 4) is 5.75 Å². The Morgan fingerprint density at radius 2 is 2.06 bits per heavy atom. The number of hydrogen-bond donors (Lipinski definition) is 2. The van der Waals surface area contributed by atoms with Gasteiger partial charge in [-0.1, -0.05) is 6.07 Å². The van der Waals surface area contributed by atoms with E-state index < -0.39 is 29.3 Å². The van der Waals surface area contributed by atoms with Gasteiger partial charge in [0.2, 0.25) is 5.82 Å². The highest BCUT2D eigenvalue weighted by atomic mass is 19.2. The monoisotopic (exact) mass is 242 g/mol. The molecular formula is C12H12F2O3. The van der Waals surface area contributed by atoms with Gasteiger partial charge < -0.3 is 10.2 Å². The Morgan fingerprint density at radius 3 is 2.59 bits per heavy atom. The first-order valence-corrected chi connectivity index (χ1v) is 5.39. The summed E-state index contributed by atoms with van der Waals surface area (Å²) in [4.78, 5) is 10.7. The van der Waals surface area contributed by atoms with Gasteiger partial charge in [-0.05, 0) is 24.8 Å². The molecule has 0 saturated heterocycles. The maximum atomic E-state index is 13.2. The quantitative estimate of drug-likeness (QED) is 0.853. The van der Waals surface area contributed by atoms with Crippen molar-refractivity contribution in [2.75, 3.05) is 0 Å². The molecule has 0 radical (unpaired) electrons. The predicted octanol–water partition coefficient (Wildman–Crippen LogP) is 2.64. The van der Waals surface area contributed by atoms with Crippen LogP contribution in [0.5, 0.6) is 5.75 Å². The highest BCUT2D eigenvalue weighted by molar-refractivity contribution is 5.68. The molecule has 1 unspecified atom stereocenters. The number of aromatic hydroxyl groups is 1. The van der Waals surface area contributed by atoms with Crippen molar-refractivity contribution >= 4 is 5.97 Å². The predicted molar refractivity (Wildman–Crippen MR) is 55.7 cm³/mol. The van der Waals surface area contributed by atoms with Crippen LogP contribution < -0.4 is 0 Å². The maximum Gasteiger partial charge on any atom is 0.303 e. The van der Waals surface area contributed by atoms with E-state index in [0.717, 1.165) is 18.9 Å². The Hall–Kier alpha value is -1.65. The molecule has 92 valence electrons. The first-order valence-electron chi connectivity index (χ1n) is 5.39. The lowest BCUT2D eigenvalue weighted by atomic mass is 9.90. The van der Waals surface area contributed by atoms with Crippen LogP contribution in [0.4, 0.5) is 8.78 Å². The van der Waals surface area contributed by atoms with Crippen LogP contribution in [-0.4, -0.2) is 16.2 Å². The van der Waals surface area contributed by atoms with Gasteiger partial charge >= 0.3 is 5.97 Å². The smallest absolute Gasteiger partial charge is 0.303 e. The van der Waals surface area contributed by atoms with E-state index in [-0.39, 0.29) is 17.9 Å². The van der Waals surface area contributed by atoms with Crippen molar-refractivity contribution in [2.45, 2.75) is 25.2 Å². The summed E-state index contributed by atoms with van der Waals surface area (Å²) in [5.41, 5.74) is 0.189. The number of phenolic OH excluding ortho intramolecular Hbond substituents is 1. The number of carboxylic acid groups (broad SMARTS) is 1. The molecule has 1 aromatic carbocycles. The Labute approximate surface area is 96.7 Å². The first kappa shape index (κ1) is 11.8. The maximum absolute atomic E-state index is 13.2. The van der Waals surface area contributed by atoms with Crippen LogP contribution >= 0.6 is 0 Å². The molecule has 0 aliphatic heterocycles. The number of hydrogen-bond acceptors (Lipinski definition) is 2. The Kier molecular flexibility index (Phi) is 3.00. The third kappa shape index (κ3) is 2.38. The molecule has 0 heterocycles. The molecule has 3 nitrogen and oxygen atoms in total. The average Bonchev–Trinajstić information content (AvgIpc) is 3.07. The largest absolute Gasteiger partial charge is 0.505 e. The second-order valence-corrected chi connectivity index (χ2v) is 4.34. The molecule has 1 aliphatic carbocycles. The average molecular weight is 242 g/mol. The van der Waals surface area contributed by atoms with Crippen LogP contribution in [0.15, 0.2) is 12.1 Å². The summed E-state index contributed by atoms with van der Waals surface area (Å²) >= 11 is 0. The van der Waals surface area contributed by atoms with Crippen LogP contribution in [0.1, 0.15) is 30.7 Å². The molecule has 1 aromatic rings. The standard InChI is InChI=1S/C12H12F2O3/c13-9-4-3-7(12(17)11(9)14)8(5-10(15)16)6-1-2-6/h3-4,6,8,17H,1-2,5H2,(H,15,16). The van der Waals surface area contributed by atoms with Gasteiger partial charge in [-0.3, -0.25) is 4.79 Å². The van der Waals surface area contributed by atoms with Crippen LogP contribution in [0, 0.1) is 17.6 Å². The van der Waals surface area contributed by atoms with Crippen molar-refractivity contribution in [2.24, 2.45) is 5.92 Å². The van der Waals surface area contributed by atoms with Crippen molar-refractivity contribution in [1.82, 2.24) is 0 Å². The van der Waals surface area contributed by atoms with Crippen LogP contribution in [0.2, 0.25) is 0 Å². The molecule has 17 heavy (non-hydrogen) atoms. The number of benzene rings is 1. The highest BCUT2D eigenvalue weighted by Gasteiger charge is 2.36. The minimum absolute atomic E-state index is 0.141. The number of phenols is 1. The summed E-state index contributed by atoms with van der Waals surface area (Å²) in [6.07, 6.45) is 1.54. The lowest BCUT2D eigenvalue weighted by molar-refractivity contribution is -0.137. The SMILES string of the molecule is O=C(O)CC(c1ccc(F)c(F)c1O)C1CC1. The van der Waals surface area contributed by atoms with E-state index in [9.17, 15) is 18.7 Å². The highest BCUT2D eigenvalue weighted by Crippen LogP contribution is 2.47. The van der Waals surface area contributed by atoms with E-state index in [1.165, 1.54) is 6.07 Å². The van der Waals surface area contributed by atoms with E-state index >= 15 is 0 Å². The number of carbonyl (C=O) groups is 1. The number of carboxylic acids is 1. The topological polar surface area (TPSA) is 57.5 Å².